The van der Waals surface area contributed by atoms with Crippen molar-refractivity contribution in [1.82, 2.24) is 10.3 Å². The van der Waals surface area contributed by atoms with Gasteiger partial charge < -0.3 is 20.3 Å². The van der Waals surface area contributed by atoms with Crippen LogP contribution >= 0.6 is 0 Å². The van der Waals surface area contributed by atoms with E-state index in [9.17, 15) is 4.79 Å². The summed E-state index contributed by atoms with van der Waals surface area (Å²) in [6, 6.07) is 2.41. The second-order valence-electron chi connectivity index (χ2n) is 6.05. The number of rotatable bonds is 5. The number of ether oxygens (including phenoxy) is 1. The number of aromatic nitrogens is 1. The number of amides is 1. The van der Waals surface area contributed by atoms with E-state index in [1.807, 2.05) is 13.1 Å². The summed E-state index contributed by atoms with van der Waals surface area (Å²) in [4.78, 5) is 18.5. The molecule has 22 heavy (non-hydrogen) atoms. The van der Waals surface area contributed by atoms with Gasteiger partial charge in [0.25, 0.3) is 0 Å². The van der Waals surface area contributed by atoms with Crippen LogP contribution in [0.2, 0.25) is 0 Å². The molecule has 1 aromatic rings. The van der Waals surface area contributed by atoms with Gasteiger partial charge in [-0.1, -0.05) is 0 Å². The number of hydrogen-bond donors (Lipinski definition) is 2. The van der Waals surface area contributed by atoms with Crippen molar-refractivity contribution < 1.29 is 9.53 Å². The quantitative estimate of drug-likeness (QED) is 0.865. The highest BCUT2D eigenvalue weighted by atomic mass is 16.5. The van der Waals surface area contributed by atoms with Crippen LogP contribution in [-0.4, -0.2) is 44.2 Å². The Morgan fingerprint density at radius 1 is 1.32 bits per heavy atom. The van der Waals surface area contributed by atoms with Crippen LogP contribution in [0.1, 0.15) is 25.7 Å². The number of pyridine rings is 1. The number of nitrogens with zero attached hydrogens (tertiary/aromatic N) is 2. The molecular weight excluding hydrogens is 280 g/mol. The molecule has 0 aromatic carbocycles. The number of methoxy groups -OCH3 is 1. The normalized spacial score (nSPS) is 19.1. The Kier molecular flexibility index (Phi) is 4.47. The Hall–Kier alpha value is -1.82. The SMILES string of the molecule is CNC1CCN(c2cnc(NC(=O)C3CC3)cc2OC)CC1. The fourth-order valence-electron chi connectivity index (χ4n) is 2.88. The van der Waals surface area contributed by atoms with Crippen molar-refractivity contribution in [2.24, 2.45) is 5.92 Å². The molecule has 1 amide bonds. The first-order chi connectivity index (χ1) is 10.7. The van der Waals surface area contributed by atoms with Crippen LogP contribution in [0, 0.1) is 5.92 Å². The highest BCUT2D eigenvalue weighted by Gasteiger charge is 2.30. The fraction of sp³-hybridized carbons (Fsp3) is 0.625. The van der Waals surface area contributed by atoms with Gasteiger partial charge in [0.1, 0.15) is 11.6 Å². The maximum atomic E-state index is 11.8. The fourth-order valence-corrected chi connectivity index (χ4v) is 2.88. The lowest BCUT2D eigenvalue weighted by Gasteiger charge is -2.34. The molecule has 1 aliphatic heterocycles. The zero-order valence-corrected chi connectivity index (χ0v) is 13.3. The molecule has 2 N–H and O–H groups in total. The molecule has 0 unspecified atom stereocenters. The molecule has 2 aliphatic rings. The summed E-state index contributed by atoms with van der Waals surface area (Å²) in [6.45, 7) is 1.97. The van der Waals surface area contributed by atoms with Gasteiger partial charge in [0.05, 0.1) is 19.0 Å². The maximum Gasteiger partial charge on any atom is 0.228 e. The van der Waals surface area contributed by atoms with Crippen molar-refractivity contribution in [3.05, 3.63) is 12.3 Å². The highest BCUT2D eigenvalue weighted by Crippen LogP contribution is 2.33. The molecule has 0 radical (unpaired) electrons. The van der Waals surface area contributed by atoms with Crippen molar-refractivity contribution in [2.75, 3.05) is 37.5 Å². The van der Waals surface area contributed by atoms with Crippen LogP contribution in [0.15, 0.2) is 12.3 Å². The third kappa shape index (κ3) is 3.32. The Balaban J connectivity index is 1.70. The maximum absolute atomic E-state index is 11.8. The minimum Gasteiger partial charge on any atom is -0.494 e. The molecule has 1 aromatic heterocycles. The zero-order chi connectivity index (χ0) is 15.5. The number of carbonyl (C=O) groups is 1. The average molecular weight is 304 g/mol. The van der Waals surface area contributed by atoms with Crippen LogP contribution in [0.25, 0.3) is 0 Å². The molecule has 1 saturated carbocycles. The lowest BCUT2D eigenvalue weighted by atomic mass is 10.0. The van der Waals surface area contributed by atoms with Gasteiger partial charge >= 0.3 is 0 Å². The molecule has 120 valence electrons. The van der Waals surface area contributed by atoms with E-state index in [0.29, 0.717) is 11.9 Å². The molecule has 0 atom stereocenters. The first-order valence-electron chi connectivity index (χ1n) is 7.98. The van der Waals surface area contributed by atoms with Crippen molar-refractivity contribution >= 4 is 17.4 Å². The molecule has 1 saturated heterocycles. The smallest absolute Gasteiger partial charge is 0.228 e. The van der Waals surface area contributed by atoms with E-state index in [1.165, 1.54) is 0 Å². The first kappa shape index (κ1) is 15.1. The van der Waals surface area contributed by atoms with Crippen molar-refractivity contribution in [3.63, 3.8) is 0 Å². The summed E-state index contributed by atoms with van der Waals surface area (Å²) in [5.41, 5.74) is 1.00. The van der Waals surface area contributed by atoms with Crippen LogP contribution in [0.3, 0.4) is 0 Å². The second-order valence-corrected chi connectivity index (χ2v) is 6.05. The minimum atomic E-state index is 0.0668. The number of carbonyl (C=O) groups excluding carboxylic acids is 1. The summed E-state index contributed by atoms with van der Waals surface area (Å²) in [7, 11) is 3.67. The monoisotopic (exact) mass is 304 g/mol. The summed E-state index contributed by atoms with van der Waals surface area (Å²) >= 11 is 0. The van der Waals surface area contributed by atoms with Gasteiger partial charge in [0.2, 0.25) is 5.91 Å². The molecule has 2 fully saturated rings. The number of hydrogen-bond acceptors (Lipinski definition) is 5. The van der Waals surface area contributed by atoms with Gasteiger partial charge in [-0.15, -0.1) is 0 Å². The van der Waals surface area contributed by atoms with Gasteiger partial charge in [0.15, 0.2) is 0 Å². The zero-order valence-electron chi connectivity index (χ0n) is 13.3. The Labute approximate surface area is 131 Å². The molecule has 6 heteroatoms. The minimum absolute atomic E-state index is 0.0668. The Morgan fingerprint density at radius 2 is 2.05 bits per heavy atom. The second kappa shape index (κ2) is 6.52. The van der Waals surface area contributed by atoms with E-state index in [2.05, 4.69) is 20.5 Å². The lowest BCUT2D eigenvalue weighted by molar-refractivity contribution is -0.117. The molecule has 2 heterocycles. The number of nitrogens with one attached hydrogen (secondary N) is 2. The largest absolute Gasteiger partial charge is 0.494 e. The lowest BCUT2D eigenvalue weighted by Crippen LogP contribution is -2.41. The van der Waals surface area contributed by atoms with Gasteiger partial charge in [-0.3, -0.25) is 4.79 Å². The summed E-state index contributed by atoms with van der Waals surface area (Å²) in [5, 5.41) is 6.20. The van der Waals surface area contributed by atoms with Gasteiger partial charge in [-0.25, -0.2) is 4.98 Å². The van der Waals surface area contributed by atoms with Crippen molar-refractivity contribution in [2.45, 2.75) is 31.7 Å². The summed E-state index contributed by atoms with van der Waals surface area (Å²) < 4.78 is 5.50. The highest BCUT2D eigenvalue weighted by molar-refractivity contribution is 5.93. The molecular formula is C16H24N4O2. The topological polar surface area (TPSA) is 66.5 Å². The first-order valence-corrected chi connectivity index (χ1v) is 7.98. The van der Waals surface area contributed by atoms with E-state index in [-0.39, 0.29) is 11.8 Å². The van der Waals surface area contributed by atoms with Crippen LogP contribution in [-0.2, 0) is 4.79 Å². The number of piperidine rings is 1. The standard InChI is InChI=1S/C16H24N4O2/c1-17-12-5-7-20(8-6-12)13-10-18-15(9-14(13)22-2)19-16(21)11-3-4-11/h9-12,17H,3-8H2,1-2H3,(H,18,19,21). The Bertz CT molecular complexity index is 537. The van der Waals surface area contributed by atoms with Crippen molar-refractivity contribution in [1.29, 1.82) is 0 Å². The Morgan fingerprint density at radius 3 is 2.64 bits per heavy atom. The number of anilines is 2. The third-order valence-corrected chi connectivity index (χ3v) is 4.51. The van der Waals surface area contributed by atoms with Crippen LogP contribution < -0.4 is 20.3 Å². The molecule has 1 aliphatic carbocycles. The summed E-state index contributed by atoms with van der Waals surface area (Å²) in [6.07, 6.45) is 6.00. The van der Waals surface area contributed by atoms with E-state index in [4.69, 9.17) is 4.74 Å². The third-order valence-electron chi connectivity index (χ3n) is 4.51. The molecule has 3 rings (SSSR count). The van der Waals surface area contributed by atoms with Gasteiger partial charge in [-0.2, -0.15) is 0 Å². The van der Waals surface area contributed by atoms with Crippen LogP contribution in [0.4, 0.5) is 11.5 Å². The van der Waals surface area contributed by atoms with Gasteiger partial charge in [0, 0.05) is 31.1 Å². The molecule has 0 bridgehead atoms. The summed E-state index contributed by atoms with van der Waals surface area (Å²) in [5.74, 6) is 1.58. The van der Waals surface area contributed by atoms with Crippen LogP contribution in [0.5, 0.6) is 5.75 Å². The predicted octanol–water partition coefficient (Wildman–Crippen LogP) is 1.63. The average Bonchev–Trinajstić information content (AvgIpc) is 3.40. The molecule has 0 spiro atoms. The van der Waals surface area contributed by atoms with Crippen molar-refractivity contribution in [3.8, 4) is 5.75 Å². The van der Waals surface area contributed by atoms with Gasteiger partial charge in [-0.05, 0) is 32.7 Å². The molecule has 6 nitrogen and oxygen atoms in total. The van der Waals surface area contributed by atoms with E-state index >= 15 is 0 Å². The van der Waals surface area contributed by atoms with E-state index in [1.54, 1.807) is 13.3 Å². The predicted molar refractivity (Wildman–Crippen MR) is 86.4 cm³/mol. The van der Waals surface area contributed by atoms with E-state index in [0.717, 1.165) is 50.2 Å². The van der Waals surface area contributed by atoms with E-state index < -0.39 is 0 Å².